The summed E-state index contributed by atoms with van der Waals surface area (Å²) in [5.74, 6) is -1.91. The van der Waals surface area contributed by atoms with Crippen molar-refractivity contribution in [1.82, 2.24) is 0 Å². The summed E-state index contributed by atoms with van der Waals surface area (Å²) < 4.78 is 10.7. The summed E-state index contributed by atoms with van der Waals surface area (Å²) in [6.45, 7) is 1.19. The highest BCUT2D eigenvalue weighted by molar-refractivity contribution is 6.39. The molecule has 1 aliphatic heterocycles. The molecule has 2 rings (SSSR count). The van der Waals surface area contributed by atoms with Crippen LogP contribution in [0.3, 0.4) is 0 Å². The fraction of sp³-hybridized carbons (Fsp3) is 0.333. The number of hydrogen-bond acceptors (Lipinski definition) is 4. The minimum atomic E-state index is -1.47. The van der Waals surface area contributed by atoms with Gasteiger partial charge in [-0.1, -0.05) is 12.1 Å². The van der Waals surface area contributed by atoms with Crippen molar-refractivity contribution in [1.29, 1.82) is 0 Å². The molecule has 90 valence electrons. The van der Waals surface area contributed by atoms with Crippen molar-refractivity contribution in [2.45, 2.75) is 12.5 Å². The van der Waals surface area contributed by atoms with Crippen LogP contribution in [0.4, 0.5) is 0 Å². The highest BCUT2D eigenvalue weighted by atomic mass is 16.5. The maximum atomic E-state index is 11.3. The second-order valence-electron chi connectivity index (χ2n) is 3.77. The maximum absolute atomic E-state index is 11.3. The van der Waals surface area contributed by atoms with Crippen molar-refractivity contribution in [2.75, 3.05) is 13.2 Å². The number of rotatable bonds is 4. The Labute approximate surface area is 98.0 Å². The zero-order chi connectivity index (χ0) is 12.3. The van der Waals surface area contributed by atoms with Crippen LogP contribution in [-0.4, -0.2) is 36.2 Å². The Kier molecular flexibility index (Phi) is 3.39. The molecule has 0 spiro atoms. The van der Waals surface area contributed by atoms with Gasteiger partial charge >= 0.3 is 5.97 Å². The SMILES string of the molecule is O=C(O)C(=O)c1cccc(OC2CCOC2)c1. The number of carbonyl (C=O) groups excluding carboxylic acids is 1. The van der Waals surface area contributed by atoms with Gasteiger partial charge in [-0.15, -0.1) is 0 Å². The van der Waals surface area contributed by atoms with E-state index in [2.05, 4.69) is 0 Å². The van der Waals surface area contributed by atoms with Gasteiger partial charge in [0.15, 0.2) is 0 Å². The largest absolute Gasteiger partial charge is 0.488 e. The molecule has 0 radical (unpaired) electrons. The van der Waals surface area contributed by atoms with Crippen LogP contribution in [0.5, 0.6) is 5.75 Å². The lowest BCUT2D eigenvalue weighted by atomic mass is 10.1. The van der Waals surface area contributed by atoms with E-state index in [1.165, 1.54) is 12.1 Å². The third-order valence-corrected chi connectivity index (χ3v) is 2.48. The standard InChI is InChI=1S/C12H12O5/c13-11(12(14)15)8-2-1-3-9(6-8)17-10-4-5-16-7-10/h1-3,6,10H,4-5,7H2,(H,14,15). The molecule has 1 aliphatic rings. The summed E-state index contributed by atoms with van der Waals surface area (Å²) in [4.78, 5) is 21.8. The molecule has 1 aromatic rings. The molecule has 1 atom stereocenters. The third-order valence-electron chi connectivity index (χ3n) is 2.48. The lowest BCUT2D eigenvalue weighted by Crippen LogP contribution is -2.17. The number of Topliss-reactive ketones (excluding diaryl/α,β-unsaturated/α-hetero) is 1. The van der Waals surface area contributed by atoms with Crippen LogP contribution < -0.4 is 4.74 Å². The molecule has 1 fully saturated rings. The van der Waals surface area contributed by atoms with Gasteiger partial charge in [-0.25, -0.2) is 4.79 Å². The van der Waals surface area contributed by atoms with Crippen LogP contribution >= 0.6 is 0 Å². The van der Waals surface area contributed by atoms with Gasteiger partial charge in [-0.05, 0) is 12.1 Å². The van der Waals surface area contributed by atoms with Gasteiger partial charge in [-0.3, -0.25) is 4.79 Å². The molecule has 17 heavy (non-hydrogen) atoms. The first-order chi connectivity index (χ1) is 8.16. The van der Waals surface area contributed by atoms with E-state index in [9.17, 15) is 9.59 Å². The number of ketones is 1. The van der Waals surface area contributed by atoms with E-state index in [0.717, 1.165) is 6.42 Å². The van der Waals surface area contributed by atoms with Gasteiger partial charge in [0.1, 0.15) is 11.9 Å². The predicted octanol–water partition coefficient (Wildman–Crippen LogP) is 1.12. The Morgan fingerprint density at radius 1 is 1.41 bits per heavy atom. The summed E-state index contributed by atoms with van der Waals surface area (Å²) in [6.07, 6.45) is 0.780. The molecule has 0 amide bonds. The topological polar surface area (TPSA) is 72.8 Å². The molecule has 1 saturated heterocycles. The molecular weight excluding hydrogens is 224 g/mol. The number of ether oxygens (including phenoxy) is 2. The van der Waals surface area contributed by atoms with Gasteiger partial charge in [0.2, 0.25) is 0 Å². The van der Waals surface area contributed by atoms with Crippen LogP contribution in [-0.2, 0) is 9.53 Å². The molecule has 0 aromatic heterocycles. The fourth-order valence-corrected chi connectivity index (χ4v) is 1.63. The number of carboxylic acids is 1. The first kappa shape index (κ1) is 11.6. The van der Waals surface area contributed by atoms with E-state index in [-0.39, 0.29) is 11.7 Å². The van der Waals surface area contributed by atoms with Crippen molar-refractivity contribution in [3.05, 3.63) is 29.8 Å². The second-order valence-corrected chi connectivity index (χ2v) is 3.77. The van der Waals surface area contributed by atoms with Gasteiger partial charge in [-0.2, -0.15) is 0 Å². The van der Waals surface area contributed by atoms with Crippen LogP contribution in [0.1, 0.15) is 16.8 Å². The second kappa shape index (κ2) is 4.97. The van der Waals surface area contributed by atoms with Crippen molar-refractivity contribution >= 4 is 11.8 Å². The zero-order valence-corrected chi connectivity index (χ0v) is 9.09. The van der Waals surface area contributed by atoms with Crippen LogP contribution in [0.15, 0.2) is 24.3 Å². The van der Waals surface area contributed by atoms with E-state index >= 15 is 0 Å². The summed E-state index contributed by atoms with van der Waals surface area (Å²) in [7, 11) is 0. The Morgan fingerprint density at radius 2 is 2.24 bits per heavy atom. The van der Waals surface area contributed by atoms with Crippen molar-refractivity contribution in [3.8, 4) is 5.75 Å². The molecule has 1 aromatic carbocycles. The number of carbonyl (C=O) groups is 2. The molecule has 1 unspecified atom stereocenters. The summed E-state index contributed by atoms with van der Waals surface area (Å²) in [5, 5.41) is 8.60. The van der Waals surface area contributed by atoms with E-state index in [1.54, 1.807) is 12.1 Å². The van der Waals surface area contributed by atoms with Crippen molar-refractivity contribution in [2.24, 2.45) is 0 Å². The van der Waals surface area contributed by atoms with E-state index in [1.807, 2.05) is 0 Å². The monoisotopic (exact) mass is 236 g/mol. The summed E-state index contributed by atoms with van der Waals surface area (Å²) in [5.41, 5.74) is 0.119. The van der Waals surface area contributed by atoms with Crippen molar-refractivity contribution < 1.29 is 24.2 Å². The molecule has 1 N–H and O–H groups in total. The number of benzene rings is 1. The van der Waals surface area contributed by atoms with E-state index < -0.39 is 11.8 Å². The van der Waals surface area contributed by atoms with E-state index in [4.69, 9.17) is 14.6 Å². The number of aliphatic carboxylic acids is 1. The smallest absolute Gasteiger partial charge is 0.377 e. The Morgan fingerprint density at radius 3 is 2.88 bits per heavy atom. The normalized spacial score (nSPS) is 18.9. The average molecular weight is 236 g/mol. The van der Waals surface area contributed by atoms with Crippen molar-refractivity contribution in [3.63, 3.8) is 0 Å². The van der Waals surface area contributed by atoms with Gasteiger partial charge in [0.05, 0.1) is 13.2 Å². The Hall–Kier alpha value is -1.88. The Balaban J connectivity index is 2.10. The fourth-order valence-electron chi connectivity index (χ4n) is 1.63. The van der Waals surface area contributed by atoms with Gasteiger partial charge < -0.3 is 14.6 Å². The van der Waals surface area contributed by atoms with Gasteiger partial charge in [0, 0.05) is 12.0 Å². The highest BCUT2D eigenvalue weighted by Crippen LogP contribution is 2.18. The highest BCUT2D eigenvalue weighted by Gasteiger charge is 2.19. The van der Waals surface area contributed by atoms with Crippen LogP contribution in [0.2, 0.25) is 0 Å². The molecule has 0 bridgehead atoms. The van der Waals surface area contributed by atoms with Crippen LogP contribution in [0, 0.1) is 0 Å². The first-order valence-corrected chi connectivity index (χ1v) is 5.29. The number of carboxylic acid groups (broad SMARTS) is 1. The predicted molar refractivity (Wildman–Crippen MR) is 58.3 cm³/mol. The minimum absolute atomic E-state index is 0.0230. The minimum Gasteiger partial charge on any atom is -0.488 e. The molecule has 5 heteroatoms. The molecule has 1 heterocycles. The third kappa shape index (κ3) is 2.82. The molecule has 0 saturated carbocycles. The lowest BCUT2D eigenvalue weighted by molar-refractivity contribution is -0.131. The molecule has 0 aliphatic carbocycles. The maximum Gasteiger partial charge on any atom is 0.377 e. The zero-order valence-electron chi connectivity index (χ0n) is 9.09. The first-order valence-electron chi connectivity index (χ1n) is 5.29. The molecule has 5 nitrogen and oxygen atoms in total. The summed E-state index contributed by atoms with van der Waals surface area (Å²) >= 11 is 0. The number of hydrogen-bond donors (Lipinski definition) is 1. The Bertz CT molecular complexity index is 434. The lowest BCUT2D eigenvalue weighted by Gasteiger charge is -2.11. The molecular formula is C12H12O5. The summed E-state index contributed by atoms with van der Waals surface area (Å²) in [6, 6.07) is 6.18. The quantitative estimate of drug-likeness (QED) is 0.626. The van der Waals surface area contributed by atoms with E-state index in [0.29, 0.717) is 19.0 Å². The van der Waals surface area contributed by atoms with Crippen LogP contribution in [0.25, 0.3) is 0 Å². The average Bonchev–Trinajstić information content (AvgIpc) is 2.81. The van der Waals surface area contributed by atoms with Gasteiger partial charge in [0.25, 0.3) is 5.78 Å².